The smallest absolute Gasteiger partial charge is 0.406 e. The van der Waals surface area contributed by atoms with E-state index in [0.717, 1.165) is 0 Å². The quantitative estimate of drug-likeness (QED) is 0.732. The molecule has 26 heavy (non-hydrogen) atoms. The molecule has 142 valence electrons. The molecule has 0 aliphatic rings. The molecule has 1 N–H and O–H groups in total. The predicted octanol–water partition coefficient (Wildman–Crippen LogP) is 3.73. The number of nitrogens with zero attached hydrogens (tertiary/aromatic N) is 3. The van der Waals surface area contributed by atoms with Gasteiger partial charge in [-0.3, -0.25) is 4.79 Å². The monoisotopic (exact) mass is 388 g/mol. The van der Waals surface area contributed by atoms with Gasteiger partial charge in [0.25, 0.3) is 0 Å². The van der Waals surface area contributed by atoms with E-state index in [4.69, 9.17) is 0 Å². The summed E-state index contributed by atoms with van der Waals surface area (Å²) in [6.07, 6.45) is -3.12. The van der Waals surface area contributed by atoms with Crippen LogP contribution in [0, 0.1) is 0 Å². The summed E-state index contributed by atoms with van der Waals surface area (Å²) in [6, 6.07) is 5.22. The molecular weight excluding hydrogens is 369 g/mol. The lowest BCUT2D eigenvalue weighted by Gasteiger charge is -2.15. The highest BCUT2D eigenvalue weighted by Gasteiger charge is 2.31. The molecule has 6 nitrogen and oxygen atoms in total. The topological polar surface area (TPSA) is 69.0 Å². The summed E-state index contributed by atoms with van der Waals surface area (Å²) < 4.78 is 42.2. The molecule has 0 bridgehead atoms. The van der Waals surface area contributed by atoms with E-state index in [0.29, 0.717) is 10.7 Å². The van der Waals surface area contributed by atoms with E-state index in [1.54, 1.807) is 13.3 Å². The Morgan fingerprint density at radius 3 is 2.50 bits per heavy atom. The van der Waals surface area contributed by atoms with Crippen LogP contribution >= 0.6 is 11.8 Å². The molecule has 1 aromatic carbocycles. The second-order valence-corrected chi connectivity index (χ2v) is 6.75. The molecule has 0 radical (unpaired) electrons. The number of ether oxygens (including phenoxy) is 1. The van der Waals surface area contributed by atoms with Crippen LogP contribution in [-0.2, 0) is 4.79 Å². The van der Waals surface area contributed by atoms with Crippen LogP contribution in [0.1, 0.15) is 38.4 Å². The Morgan fingerprint density at radius 1 is 1.27 bits per heavy atom. The molecule has 1 heterocycles. The third kappa shape index (κ3) is 5.94. The van der Waals surface area contributed by atoms with Gasteiger partial charge in [0.15, 0.2) is 5.16 Å². The minimum absolute atomic E-state index is 0.158. The molecule has 0 fully saturated rings. The molecule has 1 aromatic heterocycles. The largest absolute Gasteiger partial charge is 0.573 e. The predicted molar refractivity (Wildman–Crippen MR) is 90.8 cm³/mol. The zero-order valence-corrected chi connectivity index (χ0v) is 15.3. The van der Waals surface area contributed by atoms with Gasteiger partial charge in [0.1, 0.15) is 12.1 Å². The van der Waals surface area contributed by atoms with E-state index in [9.17, 15) is 18.0 Å². The SMILES string of the molecule is CC(NC(=O)CSc1nncn1C(C)C)c1ccc(OC(F)(F)F)cc1. The van der Waals surface area contributed by atoms with Gasteiger partial charge in [0, 0.05) is 6.04 Å². The first-order valence-corrected chi connectivity index (χ1v) is 8.81. The Hall–Kier alpha value is -2.23. The van der Waals surface area contributed by atoms with Crippen LogP contribution in [0.3, 0.4) is 0 Å². The summed E-state index contributed by atoms with van der Waals surface area (Å²) in [6.45, 7) is 5.72. The summed E-state index contributed by atoms with van der Waals surface area (Å²) >= 11 is 1.27. The van der Waals surface area contributed by atoms with E-state index in [1.165, 1.54) is 36.0 Å². The minimum Gasteiger partial charge on any atom is -0.406 e. The number of rotatable bonds is 7. The first kappa shape index (κ1) is 20.1. The lowest BCUT2D eigenvalue weighted by atomic mass is 10.1. The van der Waals surface area contributed by atoms with Gasteiger partial charge in [-0.05, 0) is 38.5 Å². The number of benzene rings is 1. The van der Waals surface area contributed by atoms with Crippen LogP contribution in [0.5, 0.6) is 5.75 Å². The molecule has 2 aromatic rings. The van der Waals surface area contributed by atoms with Crippen molar-refractivity contribution in [1.29, 1.82) is 0 Å². The number of hydrogen-bond acceptors (Lipinski definition) is 5. The zero-order chi connectivity index (χ0) is 19.3. The molecule has 0 spiro atoms. The highest BCUT2D eigenvalue weighted by molar-refractivity contribution is 7.99. The molecule has 1 unspecified atom stereocenters. The molecule has 0 aliphatic carbocycles. The van der Waals surface area contributed by atoms with Gasteiger partial charge in [0.2, 0.25) is 5.91 Å². The zero-order valence-electron chi connectivity index (χ0n) is 14.4. The molecule has 2 rings (SSSR count). The summed E-state index contributed by atoms with van der Waals surface area (Å²) in [5, 5.41) is 11.3. The normalized spacial score (nSPS) is 12.9. The van der Waals surface area contributed by atoms with Crippen molar-refractivity contribution in [2.45, 2.75) is 44.4 Å². The number of carbonyl (C=O) groups is 1. The van der Waals surface area contributed by atoms with Gasteiger partial charge in [0.05, 0.1) is 11.8 Å². The van der Waals surface area contributed by atoms with Crippen LogP contribution in [0.2, 0.25) is 0 Å². The minimum atomic E-state index is -4.73. The number of alkyl halides is 3. The summed E-state index contributed by atoms with van der Waals surface area (Å²) in [5.74, 6) is -0.356. The van der Waals surface area contributed by atoms with Crippen molar-refractivity contribution in [3.8, 4) is 5.75 Å². The number of nitrogens with one attached hydrogen (secondary N) is 1. The first-order valence-electron chi connectivity index (χ1n) is 7.83. The third-order valence-corrected chi connectivity index (χ3v) is 4.38. The second-order valence-electron chi connectivity index (χ2n) is 5.81. The van der Waals surface area contributed by atoms with Crippen LogP contribution in [0.4, 0.5) is 13.2 Å². The molecule has 1 amide bonds. The number of aromatic nitrogens is 3. The van der Waals surface area contributed by atoms with Gasteiger partial charge in [-0.25, -0.2) is 0 Å². The average molecular weight is 388 g/mol. The van der Waals surface area contributed by atoms with E-state index in [1.807, 2.05) is 18.4 Å². The molecule has 0 aliphatic heterocycles. The number of halogens is 3. The Bertz CT molecular complexity index is 732. The average Bonchev–Trinajstić information content (AvgIpc) is 3.01. The van der Waals surface area contributed by atoms with Crippen molar-refractivity contribution in [2.24, 2.45) is 0 Å². The van der Waals surface area contributed by atoms with Crippen LogP contribution in [0.25, 0.3) is 0 Å². The van der Waals surface area contributed by atoms with Gasteiger partial charge in [-0.15, -0.1) is 23.4 Å². The maximum atomic E-state index is 12.2. The fourth-order valence-corrected chi connectivity index (χ4v) is 3.00. The highest BCUT2D eigenvalue weighted by Crippen LogP contribution is 2.24. The number of hydrogen-bond donors (Lipinski definition) is 1. The molecule has 0 saturated heterocycles. The Morgan fingerprint density at radius 2 is 1.92 bits per heavy atom. The van der Waals surface area contributed by atoms with Crippen LogP contribution in [-0.4, -0.2) is 32.8 Å². The maximum Gasteiger partial charge on any atom is 0.573 e. The molecule has 1 atom stereocenters. The lowest BCUT2D eigenvalue weighted by molar-refractivity contribution is -0.274. The van der Waals surface area contributed by atoms with Gasteiger partial charge in [-0.1, -0.05) is 23.9 Å². The Labute approximate surface area is 153 Å². The second kappa shape index (κ2) is 8.43. The fourth-order valence-electron chi connectivity index (χ4n) is 2.14. The van der Waals surface area contributed by atoms with Gasteiger partial charge < -0.3 is 14.6 Å². The fraction of sp³-hybridized carbons (Fsp3) is 0.438. The summed E-state index contributed by atoms with van der Waals surface area (Å²) in [5.41, 5.74) is 0.670. The molecule has 0 saturated carbocycles. The standard InChI is InChI=1S/C16H19F3N4O2S/c1-10(2)23-9-20-22-15(23)26-8-14(24)21-11(3)12-4-6-13(7-5-12)25-16(17,18)19/h4-7,9-11H,8H2,1-3H3,(H,21,24). The number of carbonyl (C=O) groups excluding carboxylic acids is 1. The van der Waals surface area contributed by atoms with Crippen molar-refractivity contribution in [2.75, 3.05) is 5.75 Å². The highest BCUT2D eigenvalue weighted by atomic mass is 32.2. The summed E-state index contributed by atoms with van der Waals surface area (Å²) in [7, 11) is 0. The van der Waals surface area contributed by atoms with Crippen molar-refractivity contribution in [1.82, 2.24) is 20.1 Å². The van der Waals surface area contributed by atoms with Crippen molar-refractivity contribution in [3.63, 3.8) is 0 Å². The number of amides is 1. The van der Waals surface area contributed by atoms with Crippen molar-refractivity contribution >= 4 is 17.7 Å². The lowest BCUT2D eigenvalue weighted by Crippen LogP contribution is -2.28. The van der Waals surface area contributed by atoms with Crippen LogP contribution in [0.15, 0.2) is 35.7 Å². The van der Waals surface area contributed by atoms with E-state index >= 15 is 0 Å². The number of thioether (sulfide) groups is 1. The Kier molecular flexibility index (Phi) is 6.52. The van der Waals surface area contributed by atoms with E-state index < -0.39 is 6.36 Å². The van der Waals surface area contributed by atoms with E-state index in [2.05, 4.69) is 20.3 Å². The van der Waals surface area contributed by atoms with Crippen LogP contribution < -0.4 is 10.1 Å². The maximum absolute atomic E-state index is 12.2. The molecular formula is C16H19F3N4O2S. The van der Waals surface area contributed by atoms with Crippen molar-refractivity contribution in [3.05, 3.63) is 36.2 Å². The Balaban J connectivity index is 1.87. The van der Waals surface area contributed by atoms with Gasteiger partial charge >= 0.3 is 6.36 Å². The van der Waals surface area contributed by atoms with Gasteiger partial charge in [-0.2, -0.15) is 0 Å². The van der Waals surface area contributed by atoms with Crippen molar-refractivity contribution < 1.29 is 22.7 Å². The third-order valence-electron chi connectivity index (χ3n) is 3.42. The summed E-state index contributed by atoms with van der Waals surface area (Å²) in [4.78, 5) is 12.1. The first-order chi connectivity index (χ1) is 12.2. The molecule has 10 heteroatoms. The van der Waals surface area contributed by atoms with E-state index in [-0.39, 0.29) is 29.5 Å².